The zero-order chi connectivity index (χ0) is 23.4. The standard InChI is InChI=1S/C24H30N4O4S/c1-32-19-6-3-5-18(12-19)25-23(30)20(9-10-33-2)26-24(31)27-13-16-11-17(15-27)21-7-4-8-22(29)28(21)14-16/h3-8,12,16-17,20H,9-11,13-15H2,1-2H3,(H,25,30)(H,26,31)/t16-,17+,20-/m0/s1. The van der Waals surface area contributed by atoms with E-state index in [2.05, 4.69) is 10.6 Å². The van der Waals surface area contributed by atoms with Gasteiger partial charge in [0.05, 0.1) is 7.11 Å². The Morgan fingerprint density at radius 1 is 1.18 bits per heavy atom. The first kappa shape index (κ1) is 23.2. The Bertz CT molecular complexity index is 1070. The highest BCUT2D eigenvalue weighted by molar-refractivity contribution is 7.98. The van der Waals surface area contributed by atoms with Crippen LogP contribution >= 0.6 is 11.8 Å². The maximum absolute atomic E-state index is 13.2. The summed E-state index contributed by atoms with van der Waals surface area (Å²) in [4.78, 5) is 40.2. The van der Waals surface area contributed by atoms with Gasteiger partial charge >= 0.3 is 6.03 Å². The molecule has 1 saturated heterocycles. The number of hydrogen-bond acceptors (Lipinski definition) is 5. The summed E-state index contributed by atoms with van der Waals surface area (Å²) in [6.45, 7) is 1.75. The summed E-state index contributed by atoms with van der Waals surface area (Å²) in [6.07, 6.45) is 3.48. The number of anilines is 1. The molecule has 3 heterocycles. The number of piperidine rings is 1. The SMILES string of the molecule is COc1cccc(NC(=O)[C@H](CCSC)NC(=O)N2C[C@@H]3C[C@H](C2)c2cccc(=O)n2C3)c1. The van der Waals surface area contributed by atoms with Gasteiger partial charge in [0, 0.05) is 49.1 Å². The number of hydrogen-bond donors (Lipinski definition) is 2. The number of thioether (sulfide) groups is 1. The number of urea groups is 1. The van der Waals surface area contributed by atoms with E-state index in [1.54, 1.807) is 54.1 Å². The average Bonchev–Trinajstić information content (AvgIpc) is 2.82. The maximum atomic E-state index is 13.2. The highest BCUT2D eigenvalue weighted by Crippen LogP contribution is 2.34. The predicted molar refractivity (Wildman–Crippen MR) is 130 cm³/mol. The minimum absolute atomic E-state index is 0.0199. The molecule has 2 N–H and O–H groups in total. The number of carbonyl (C=O) groups excluding carboxylic acids is 2. The van der Waals surface area contributed by atoms with E-state index in [1.165, 1.54) is 0 Å². The van der Waals surface area contributed by atoms with E-state index in [0.717, 1.165) is 17.9 Å². The Kier molecular flexibility index (Phi) is 7.27. The lowest BCUT2D eigenvalue weighted by Crippen LogP contribution is -2.55. The molecule has 4 rings (SSSR count). The van der Waals surface area contributed by atoms with Gasteiger partial charge in [-0.05, 0) is 49.0 Å². The van der Waals surface area contributed by atoms with E-state index < -0.39 is 6.04 Å². The van der Waals surface area contributed by atoms with Crippen molar-refractivity contribution in [2.24, 2.45) is 5.92 Å². The van der Waals surface area contributed by atoms with Crippen LogP contribution in [0.15, 0.2) is 47.3 Å². The van der Waals surface area contributed by atoms with Crippen molar-refractivity contribution in [1.29, 1.82) is 0 Å². The summed E-state index contributed by atoms with van der Waals surface area (Å²) < 4.78 is 7.07. The van der Waals surface area contributed by atoms with Crippen molar-refractivity contribution in [2.75, 3.05) is 37.5 Å². The van der Waals surface area contributed by atoms with E-state index in [9.17, 15) is 14.4 Å². The second kappa shape index (κ2) is 10.3. The molecule has 0 aliphatic carbocycles. The van der Waals surface area contributed by atoms with Crippen LogP contribution in [0, 0.1) is 5.92 Å². The second-order valence-electron chi connectivity index (χ2n) is 8.61. The number of ether oxygens (including phenoxy) is 1. The molecule has 1 fully saturated rings. The molecular formula is C24H30N4O4S. The lowest BCUT2D eigenvalue weighted by molar-refractivity contribution is -0.118. The van der Waals surface area contributed by atoms with Gasteiger partial charge in [-0.1, -0.05) is 12.1 Å². The van der Waals surface area contributed by atoms with Gasteiger partial charge in [-0.2, -0.15) is 11.8 Å². The molecule has 0 radical (unpaired) electrons. The van der Waals surface area contributed by atoms with Crippen LogP contribution in [0.1, 0.15) is 24.5 Å². The summed E-state index contributed by atoms with van der Waals surface area (Å²) >= 11 is 1.63. The molecule has 0 saturated carbocycles. The van der Waals surface area contributed by atoms with Crippen molar-refractivity contribution in [3.8, 4) is 5.75 Å². The fourth-order valence-electron chi connectivity index (χ4n) is 4.74. The number of aromatic nitrogens is 1. The van der Waals surface area contributed by atoms with Crippen LogP contribution in [-0.4, -0.2) is 59.7 Å². The zero-order valence-electron chi connectivity index (χ0n) is 19.0. The number of methoxy groups -OCH3 is 1. The third-order valence-corrected chi connectivity index (χ3v) is 6.97. The minimum Gasteiger partial charge on any atom is -0.497 e. The Morgan fingerprint density at radius 3 is 2.79 bits per heavy atom. The van der Waals surface area contributed by atoms with Crippen LogP contribution in [0.3, 0.4) is 0 Å². The highest BCUT2D eigenvalue weighted by atomic mass is 32.2. The average molecular weight is 471 g/mol. The van der Waals surface area contributed by atoms with E-state index in [-0.39, 0.29) is 29.3 Å². The van der Waals surface area contributed by atoms with Gasteiger partial charge in [-0.25, -0.2) is 4.79 Å². The van der Waals surface area contributed by atoms with Crippen LogP contribution in [0.4, 0.5) is 10.5 Å². The summed E-state index contributed by atoms with van der Waals surface area (Å²) in [5.41, 5.74) is 1.63. The molecule has 33 heavy (non-hydrogen) atoms. The molecule has 2 aliphatic heterocycles. The number of nitrogens with one attached hydrogen (secondary N) is 2. The van der Waals surface area contributed by atoms with Gasteiger partial charge in [-0.15, -0.1) is 0 Å². The molecule has 176 valence electrons. The van der Waals surface area contributed by atoms with Gasteiger partial charge in [0.25, 0.3) is 5.56 Å². The molecule has 2 bridgehead atoms. The number of likely N-dealkylation sites (tertiary alicyclic amines) is 1. The molecule has 3 amide bonds. The van der Waals surface area contributed by atoms with Crippen LogP contribution in [0.2, 0.25) is 0 Å². The van der Waals surface area contributed by atoms with Crippen LogP contribution in [-0.2, 0) is 11.3 Å². The largest absolute Gasteiger partial charge is 0.497 e. The first-order valence-corrected chi connectivity index (χ1v) is 12.6. The molecule has 1 aromatic heterocycles. The Labute approximate surface area is 197 Å². The molecule has 0 unspecified atom stereocenters. The van der Waals surface area contributed by atoms with Crippen LogP contribution in [0.25, 0.3) is 0 Å². The summed E-state index contributed by atoms with van der Waals surface area (Å²) in [6, 6.07) is 11.6. The molecule has 2 aliphatic rings. The second-order valence-corrected chi connectivity index (χ2v) is 9.59. The van der Waals surface area contributed by atoms with Gasteiger partial charge in [0.15, 0.2) is 0 Å². The molecule has 9 heteroatoms. The number of benzene rings is 1. The number of carbonyl (C=O) groups is 2. The van der Waals surface area contributed by atoms with Gasteiger partial charge in [-0.3, -0.25) is 9.59 Å². The normalized spacial score (nSPS) is 19.9. The van der Waals surface area contributed by atoms with Crippen LogP contribution < -0.4 is 20.9 Å². The monoisotopic (exact) mass is 470 g/mol. The van der Waals surface area contributed by atoms with Crippen molar-refractivity contribution in [3.63, 3.8) is 0 Å². The Hall–Kier alpha value is -2.94. The topological polar surface area (TPSA) is 92.7 Å². The highest BCUT2D eigenvalue weighted by Gasteiger charge is 2.37. The van der Waals surface area contributed by atoms with Crippen molar-refractivity contribution in [2.45, 2.75) is 31.3 Å². The molecule has 2 aromatic rings. The van der Waals surface area contributed by atoms with Gasteiger partial charge in [0.2, 0.25) is 5.91 Å². The van der Waals surface area contributed by atoms with E-state index in [4.69, 9.17) is 4.74 Å². The number of pyridine rings is 1. The number of amides is 3. The van der Waals surface area contributed by atoms with Crippen molar-refractivity contribution < 1.29 is 14.3 Å². The molecular weight excluding hydrogens is 440 g/mol. The Balaban J connectivity index is 1.44. The third kappa shape index (κ3) is 5.35. The van der Waals surface area contributed by atoms with Gasteiger partial charge in [0.1, 0.15) is 11.8 Å². The maximum Gasteiger partial charge on any atom is 0.318 e. The first-order valence-electron chi connectivity index (χ1n) is 11.2. The lowest BCUT2D eigenvalue weighted by Gasteiger charge is -2.43. The molecule has 3 atom stereocenters. The zero-order valence-corrected chi connectivity index (χ0v) is 19.8. The summed E-state index contributed by atoms with van der Waals surface area (Å²) in [5, 5.41) is 5.85. The lowest BCUT2D eigenvalue weighted by atomic mass is 9.83. The fraction of sp³-hybridized carbons (Fsp3) is 0.458. The minimum atomic E-state index is -0.646. The molecule has 0 spiro atoms. The number of nitrogens with zero attached hydrogens (tertiary/aromatic N) is 2. The van der Waals surface area contributed by atoms with Crippen LogP contribution in [0.5, 0.6) is 5.75 Å². The van der Waals surface area contributed by atoms with Crippen molar-refractivity contribution >= 4 is 29.4 Å². The number of fused-ring (bicyclic) bond motifs is 4. The fourth-order valence-corrected chi connectivity index (χ4v) is 5.21. The molecule has 1 aromatic carbocycles. The van der Waals surface area contributed by atoms with Crippen molar-refractivity contribution in [1.82, 2.24) is 14.8 Å². The van der Waals surface area contributed by atoms with E-state index in [0.29, 0.717) is 37.5 Å². The predicted octanol–water partition coefficient (Wildman–Crippen LogP) is 2.75. The van der Waals surface area contributed by atoms with Crippen molar-refractivity contribution in [3.05, 3.63) is 58.5 Å². The Morgan fingerprint density at radius 2 is 2.00 bits per heavy atom. The smallest absolute Gasteiger partial charge is 0.318 e. The third-order valence-electron chi connectivity index (χ3n) is 6.33. The summed E-state index contributed by atoms with van der Waals surface area (Å²) in [5.74, 6) is 1.51. The van der Waals surface area contributed by atoms with E-state index >= 15 is 0 Å². The first-order chi connectivity index (χ1) is 16.0. The molecule has 8 nitrogen and oxygen atoms in total. The number of rotatable bonds is 7. The summed E-state index contributed by atoms with van der Waals surface area (Å²) in [7, 11) is 1.57. The quantitative estimate of drug-likeness (QED) is 0.649. The van der Waals surface area contributed by atoms with E-state index in [1.807, 2.05) is 23.0 Å². The van der Waals surface area contributed by atoms with Gasteiger partial charge < -0.3 is 24.8 Å².